The van der Waals surface area contributed by atoms with Gasteiger partial charge in [0, 0.05) is 38.3 Å². The third-order valence-corrected chi connectivity index (χ3v) is 4.41. The van der Waals surface area contributed by atoms with Crippen molar-refractivity contribution < 1.29 is 18.9 Å². The molecule has 0 bridgehead atoms. The van der Waals surface area contributed by atoms with Gasteiger partial charge in [-0.25, -0.2) is 0 Å². The summed E-state index contributed by atoms with van der Waals surface area (Å²) in [5, 5.41) is 3.36. The molecule has 0 amide bonds. The van der Waals surface area contributed by atoms with Crippen LogP contribution in [0, 0.1) is 0 Å². The van der Waals surface area contributed by atoms with Gasteiger partial charge in [-0.15, -0.1) is 0 Å². The van der Waals surface area contributed by atoms with Crippen LogP contribution in [0.3, 0.4) is 0 Å². The lowest BCUT2D eigenvalue weighted by atomic mass is 10.1. The summed E-state index contributed by atoms with van der Waals surface area (Å²) >= 11 is 0. The Morgan fingerprint density at radius 1 is 0.929 bits per heavy atom. The van der Waals surface area contributed by atoms with Gasteiger partial charge < -0.3 is 29.2 Å². The highest BCUT2D eigenvalue weighted by molar-refractivity contribution is 5.79. The van der Waals surface area contributed by atoms with Crippen LogP contribution < -0.4 is 24.3 Å². The zero-order valence-electron chi connectivity index (χ0n) is 17.4. The van der Waals surface area contributed by atoms with Gasteiger partial charge in [0.1, 0.15) is 23.0 Å². The van der Waals surface area contributed by atoms with E-state index in [1.165, 1.54) is 0 Å². The molecule has 0 saturated heterocycles. The maximum Gasteiger partial charge on any atom is 0.193 e. The van der Waals surface area contributed by atoms with Gasteiger partial charge in [-0.1, -0.05) is 18.2 Å². The third-order valence-electron chi connectivity index (χ3n) is 4.41. The molecular weight excluding hydrogens is 358 g/mol. The van der Waals surface area contributed by atoms with Crippen LogP contribution in [0.5, 0.6) is 23.0 Å². The highest BCUT2D eigenvalue weighted by Gasteiger charge is 2.15. The number of para-hydroxylation sites is 1. The number of guanidine groups is 1. The topological polar surface area (TPSA) is 64.6 Å². The summed E-state index contributed by atoms with van der Waals surface area (Å²) in [6.45, 7) is 1.14. The van der Waals surface area contributed by atoms with Crippen molar-refractivity contribution in [2.75, 3.05) is 42.5 Å². The number of nitrogens with zero attached hydrogens (tertiary/aromatic N) is 2. The first-order valence-corrected chi connectivity index (χ1v) is 8.90. The summed E-state index contributed by atoms with van der Waals surface area (Å²) < 4.78 is 21.8. The van der Waals surface area contributed by atoms with Crippen molar-refractivity contribution in [2.24, 2.45) is 4.99 Å². The predicted molar refractivity (Wildman–Crippen MR) is 111 cm³/mol. The van der Waals surface area contributed by atoms with Gasteiger partial charge in [0.15, 0.2) is 5.96 Å². The van der Waals surface area contributed by atoms with Gasteiger partial charge >= 0.3 is 0 Å². The molecule has 0 fully saturated rings. The van der Waals surface area contributed by atoms with Gasteiger partial charge in [-0.2, -0.15) is 0 Å². The van der Waals surface area contributed by atoms with E-state index >= 15 is 0 Å². The standard InChI is InChI=1S/C21H29N3O4/c1-22-21(24(2)14-15-9-7-8-10-18(15)26-4)23-13-17-19(27-5)11-16(25-3)12-20(17)28-6/h7-12H,13-14H2,1-6H3,(H,22,23). The first-order valence-electron chi connectivity index (χ1n) is 8.90. The van der Waals surface area contributed by atoms with Crippen LogP contribution in [-0.4, -0.2) is 53.4 Å². The van der Waals surface area contributed by atoms with Gasteiger partial charge in [-0.3, -0.25) is 4.99 Å². The molecule has 7 nitrogen and oxygen atoms in total. The number of aliphatic imine (C=N–C) groups is 1. The molecule has 7 heteroatoms. The second-order valence-corrected chi connectivity index (χ2v) is 6.08. The van der Waals surface area contributed by atoms with Gasteiger partial charge in [0.05, 0.1) is 40.5 Å². The summed E-state index contributed by atoms with van der Waals surface area (Å²) in [6, 6.07) is 11.6. The van der Waals surface area contributed by atoms with Crippen LogP contribution in [0.1, 0.15) is 11.1 Å². The molecule has 0 radical (unpaired) electrons. The molecule has 0 aliphatic rings. The number of rotatable bonds is 8. The smallest absolute Gasteiger partial charge is 0.193 e. The molecule has 0 heterocycles. The van der Waals surface area contributed by atoms with Gasteiger partial charge in [0.25, 0.3) is 0 Å². The van der Waals surface area contributed by atoms with Crippen molar-refractivity contribution in [3.63, 3.8) is 0 Å². The molecule has 0 saturated carbocycles. The number of ether oxygens (including phenoxy) is 4. The molecule has 2 aromatic carbocycles. The van der Waals surface area contributed by atoms with Crippen LogP contribution in [0.4, 0.5) is 0 Å². The Labute approximate surface area is 166 Å². The van der Waals surface area contributed by atoms with Crippen molar-refractivity contribution in [3.05, 3.63) is 47.5 Å². The molecule has 2 rings (SSSR count). The summed E-state index contributed by atoms with van der Waals surface area (Å²) in [5.74, 6) is 3.64. The molecule has 0 atom stereocenters. The van der Waals surface area contributed by atoms with E-state index in [1.54, 1.807) is 35.5 Å². The average Bonchev–Trinajstić information content (AvgIpc) is 2.74. The summed E-state index contributed by atoms with van der Waals surface area (Å²) in [4.78, 5) is 6.41. The van der Waals surface area contributed by atoms with Crippen LogP contribution in [0.2, 0.25) is 0 Å². The van der Waals surface area contributed by atoms with Crippen molar-refractivity contribution in [3.8, 4) is 23.0 Å². The Kier molecular flexibility index (Phi) is 7.80. The zero-order valence-corrected chi connectivity index (χ0v) is 17.4. The minimum atomic E-state index is 0.485. The quantitative estimate of drug-likeness (QED) is 0.555. The highest BCUT2D eigenvalue weighted by Crippen LogP contribution is 2.33. The van der Waals surface area contributed by atoms with Crippen LogP contribution in [0.25, 0.3) is 0 Å². The lowest BCUT2D eigenvalue weighted by Crippen LogP contribution is -2.38. The number of hydrogen-bond acceptors (Lipinski definition) is 5. The predicted octanol–water partition coefficient (Wildman–Crippen LogP) is 2.93. The minimum Gasteiger partial charge on any atom is -0.496 e. The molecule has 28 heavy (non-hydrogen) atoms. The van der Waals surface area contributed by atoms with Crippen molar-refractivity contribution in [1.82, 2.24) is 10.2 Å². The fourth-order valence-corrected chi connectivity index (χ4v) is 2.97. The molecule has 1 N–H and O–H groups in total. The Morgan fingerprint density at radius 2 is 1.54 bits per heavy atom. The van der Waals surface area contributed by atoms with E-state index in [-0.39, 0.29) is 0 Å². The Hall–Kier alpha value is -3.09. The summed E-state index contributed by atoms with van der Waals surface area (Å²) in [6.07, 6.45) is 0. The summed E-state index contributed by atoms with van der Waals surface area (Å²) in [5.41, 5.74) is 1.97. The van der Waals surface area contributed by atoms with Crippen molar-refractivity contribution in [1.29, 1.82) is 0 Å². The molecule has 0 aliphatic carbocycles. The second kappa shape index (κ2) is 10.3. The highest BCUT2D eigenvalue weighted by atomic mass is 16.5. The molecular formula is C21H29N3O4. The zero-order chi connectivity index (χ0) is 20.5. The van der Waals surface area contributed by atoms with E-state index in [4.69, 9.17) is 18.9 Å². The number of benzene rings is 2. The van der Waals surface area contributed by atoms with E-state index in [0.717, 1.165) is 22.8 Å². The van der Waals surface area contributed by atoms with Crippen LogP contribution in [-0.2, 0) is 13.1 Å². The number of methoxy groups -OCH3 is 4. The molecule has 152 valence electrons. The van der Waals surface area contributed by atoms with Gasteiger partial charge in [-0.05, 0) is 6.07 Å². The van der Waals surface area contributed by atoms with E-state index in [2.05, 4.69) is 10.3 Å². The summed E-state index contributed by atoms with van der Waals surface area (Å²) in [7, 11) is 10.3. The number of hydrogen-bond donors (Lipinski definition) is 1. The SMILES string of the molecule is CN=C(NCc1c(OC)cc(OC)cc1OC)N(C)Cc1ccccc1OC. The van der Waals surface area contributed by atoms with Gasteiger partial charge in [0.2, 0.25) is 0 Å². The monoisotopic (exact) mass is 387 g/mol. The van der Waals surface area contributed by atoms with Crippen LogP contribution >= 0.6 is 0 Å². The fraction of sp³-hybridized carbons (Fsp3) is 0.381. The number of nitrogens with one attached hydrogen (secondary N) is 1. The Bertz CT molecular complexity index is 783. The van der Waals surface area contributed by atoms with E-state index in [1.807, 2.05) is 48.3 Å². The van der Waals surface area contributed by atoms with E-state index in [9.17, 15) is 0 Å². The second-order valence-electron chi connectivity index (χ2n) is 6.08. The molecule has 0 aliphatic heterocycles. The van der Waals surface area contributed by atoms with E-state index in [0.29, 0.717) is 30.3 Å². The Morgan fingerprint density at radius 3 is 2.07 bits per heavy atom. The largest absolute Gasteiger partial charge is 0.496 e. The Balaban J connectivity index is 2.16. The fourth-order valence-electron chi connectivity index (χ4n) is 2.97. The first-order chi connectivity index (χ1) is 13.6. The molecule has 0 unspecified atom stereocenters. The normalized spacial score (nSPS) is 11.0. The first kappa shape index (κ1) is 21.2. The average molecular weight is 387 g/mol. The lowest BCUT2D eigenvalue weighted by molar-refractivity contribution is 0.367. The van der Waals surface area contributed by atoms with Crippen molar-refractivity contribution in [2.45, 2.75) is 13.1 Å². The molecule has 0 aromatic heterocycles. The molecule has 2 aromatic rings. The van der Waals surface area contributed by atoms with Crippen molar-refractivity contribution >= 4 is 5.96 Å². The third kappa shape index (κ3) is 5.00. The maximum atomic E-state index is 5.51. The lowest BCUT2D eigenvalue weighted by Gasteiger charge is -2.24. The molecule has 0 spiro atoms. The maximum absolute atomic E-state index is 5.51. The minimum absolute atomic E-state index is 0.485. The van der Waals surface area contributed by atoms with Crippen LogP contribution in [0.15, 0.2) is 41.4 Å². The van der Waals surface area contributed by atoms with E-state index < -0.39 is 0 Å².